The van der Waals surface area contributed by atoms with Crippen molar-refractivity contribution in [2.45, 2.75) is 4.90 Å². The second kappa shape index (κ2) is 8.94. The zero-order chi connectivity index (χ0) is 17.9. The van der Waals surface area contributed by atoms with Gasteiger partial charge in [0.1, 0.15) is 21.6 Å². The predicted molar refractivity (Wildman–Crippen MR) is 78.2 cm³/mol. The smallest absolute Gasteiger partial charge is 0.744 e. The van der Waals surface area contributed by atoms with Gasteiger partial charge in [0.25, 0.3) is 0 Å². The summed E-state index contributed by atoms with van der Waals surface area (Å²) in [6.07, 6.45) is 0. The van der Waals surface area contributed by atoms with Crippen LogP contribution in [0.25, 0.3) is 10.8 Å². The zero-order valence-corrected chi connectivity index (χ0v) is 16.9. The summed E-state index contributed by atoms with van der Waals surface area (Å²) in [5.74, 6) is -2.52. The van der Waals surface area contributed by atoms with Crippen molar-refractivity contribution in [2.24, 2.45) is 0 Å². The van der Waals surface area contributed by atoms with Crippen LogP contribution in [0.5, 0.6) is 11.5 Å². The molecule has 0 aromatic heterocycles. The van der Waals surface area contributed by atoms with E-state index >= 15 is 0 Å². The Morgan fingerprint density at radius 1 is 0.960 bits per heavy atom. The van der Waals surface area contributed by atoms with E-state index in [1.165, 1.54) is 24.3 Å². The van der Waals surface area contributed by atoms with Gasteiger partial charge in [0, 0.05) is 5.39 Å². The number of aliphatic carboxylic acids is 2. The normalized spacial score (nSPS) is 10.8. The van der Waals surface area contributed by atoms with Crippen LogP contribution in [-0.2, 0) is 19.7 Å². The summed E-state index contributed by atoms with van der Waals surface area (Å²) < 4.78 is 44.2. The fraction of sp³-hybridized carbons (Fsp3) is 0.143. The Morgan fingerprint density at radius 3 is 2.04 bits per heavy atom. The maximum atomic E-state index is 11.5. The molecule has 0 saturated carbocycles. The number of fused-ring (bicyclic) bond motifs is 1. The van der Waals surface area contributed by atoms with Crippen LogP contribution in [-0.4, -0.2) is 48.3 Å². The molecule has 0 unspecified atom stereocenters. The van der Waals surface area contributed by atoms with Crippen molar-refractivity contribution in [2.75, 3.05) is 13.2 Å². The number of carboxylic acid groups (broad SMARTS) is 2. The van der Waals surface area contributed by atoms with Gasteiger partial charge in [-0.2, -0.15) is 0 Å². The van der Waals surface area contributed by atoms with Gasteiger partial charge < -0.3 is 24.2 Å². The third-order valence-electron chi connectivity index (χ3n) is 2.86. The average Bonchev–Trinajstić information content (AvgIpc) is 2.49. The van der Waals surface area contributed by atoms with Crippen molar-refractivity contribution in [1.82, 2.24) is 0 Å². The van der Waals surface area contributed by atoms with Gasteiger partial charge in [-0.15, -0.1) is 0 Å². The van der Waals surface area contributed by atoms with Crippen molar-refractivity contribution in [3.63, 3.8) is 0 Å². The maximum Gasteiger partial charge on any atom is 1.00 e. The van der Waals surface area contributed by atoms with Gasteiger partial charge in [0.05, 0.1) is 4.90 Å². The minimum Gasteiger partial charge on any atom is -0.744 e. The Kier molecular flexibility index (Phi) is 7.80. The molecule has 9 nitrogen and oxygen atoms in total. The molecule has 0 fully saturated rings. The fourth-order valence-corrected chi connectivity index (χ4v) is 2.65. The first kappa shape index (κ1) is 21.8. The van der Waals surface area contributed by atoms with Crippen LogP contribution in [0.4, 0.5) is 0 Å². The minimum absolute atomic E-state index is 0. The van der Waals surface area contributed by atoms with Crippen molar-refractivity contribution < 1.29 is 93.6 Å². The number of hydrogen-bond acceptors (Lipinski definition) is 7. The van der Waals surface area contributed by atoms with E-state index in [1.807, 2.05) is 0 Å². The van der Waals surface area contributed by atoms with Gasteiger partial charge in [-0.05, 0) is 29.7 Å². The molecular formula is C14H11KO9S. The summed E-state index contributed by atoms with van der Waals surface area (Å²) in [5.41, 5.74) is 0. The monoisotopic (exact) mass is 394 g/mol. The van der Waals surface area contributed by atoms with E-state index in [-0.39, 0.29) is 73.7 Å². The van der Waals surface area contributed by atoms with E-state index in [9.17, 15) is 22.6 Å². The molecule has 0 aliphatic heterocycles. The Morgan fingerprint density at radius 2 is 1.52 bits per heavy atom. The molecule has 0 radical (unpaired) electrons. The molecule has 0 saturated heterocycles. The number of rotatable bonds is 7. The van der Waals surface area contributed by atoms with E-state index in [2.05, 4.69) is 0 Å². The second-order valence-corrected chi connectivity index (χ2v) is 5.97. The van der Waals surface area contributed by atoms with E-state index < -0.39 is 40.2 Å². The minimum atomic E-state index is -4.89. The molecule has 2 aromatic rings. The molecule has 2 aromatic carbocycles. The molecule has 2 rings (SSSR count). The van der Waals surface area contributed by atoms with Gasteiger partial charge in [0.15, 0.2) is 13.2 Å². The van der Waals surface area contributed by atoms with Crippen LogP contribution in [0.1, 0.15) is 0 Å². The molecule has 11 heteroatoms. The van der Waals surface area contributed by atoms with Gasteiger partial charge >= 0.3 is 63.3 Å². The molecule has 128 valence electrons. The Labute approximate surface area is 184 Å². The van der Waals surface area contributed by atoms with Crippen molar-refractivity contribution in [3.8, 4) is 11.5 Å². The van der Waals surface area contributed by atoms with Crippen LogP contribution in [0, 0.1) is 0 Å². The van der Waals surface area contributed by atoms with Crippen LogP contribution in [0.3, 0.4) is 0 Å². The third kappa shape index (κ3) is 6.22. The standard InChI is InChI=1S/C14H12O9S.K/c15-13(16)6-22-9-2-1-8-3-10(23-7-14(17)18)5-12(11(8)4-9)24(19,20)21;/h1-5H,6-7H2,(H,15,16)(H,17,18)(H,19,20,21);/q;+1/p-1. The quantitative estimate of drug-likeness (QED) is 0.389. The summed E-state index contributed by atoms with van der Waals surface area (Å²) in [5, 5.41) is 17.5. The van der Waals surface area contributed by atoms with Gasteiger partial charge in [0.2, 0.25) is 0 Å². The Bertz CT molecular complexity index is 908. The maximum absolute atomic E-state index is 11.5. The molecule has 0 atom stereocenters. The van der Waals surface area contributed by atoms with Crippen LogP contribution < -0.4 is 60.9 Å². The summed E-state index contributed by atoms with van der Waals surface area (Å²) >= 11 is 0. The van der Waals surface area contributed by atoms with Crippen molar-refractivity contribution >= 4 is 32.8 Å². The zero-order valence-electron chi connectivity index (χ0n) is 13.0. The molecule has 25 heavy (non-hydrogen) atoms. The SMILES string of the molecule is O=C(O)COc1cc(S(=O)(=O)[O-])c2cc(OCC(=O)O)ccc2c1.[K+]. The first-order valence-corrected chi connectivity index (χ1v) is 7.80. The van der Waals surface area contributed by atoms with Crippen molar-refractivity contribution in [3.05, 3.63) is 30.3 Å². The largest absolute Gasteiger partial charge is 1.00 e. The Balaban J connectivity index is 0.00000312. The molecule has 0 bridgehead atoms. The molecule has 0 heterocycles. The van der Waals surface area contributed by atoms with Gasteiger partial charge in [-0.1, -0.05) is 6.07 Å². The van der Waals surface area contributed by atoms with Gasteiger partial charge in [-0.3, -0.25) is 0 Å². The van der Waals surface area contributed by atoms with Crippen LogP contribution in [0.2, 0.25) is 0 Å². The first-order chi connectivity index (χ1) is 11.2. The van der Waals surface area contributed by atoms with Crippen molar-refractivity contribution in [1.29, 1.82) is 0 Å². The number of carbonyl (C=O) groups is 2. The topological polar surface area (TPSA) is 150 Å². The fourth-order valence-electron chi connectivity index (χ4n) is 1.95. The number of carboxylic acids is 2. The summed E-state index contributed by atoms with van der Waals surface area (Å²) in [6, 6.07) is 6.26. The Hall–Kier alpha value is -1.21. The molecule has 0 spiro atoms. The van der Waals surface area contributed by atoms with Crippen LogP contribution in [0.15, 0.2) is 35.2 Å². The van der Waals surface area contributed by atoms with E-state index in [1.54, 1.807) is 0 Å². The average molecular weight is 394 g/mol. The number of ether oxygens (including phenoxy) is 2. The molecular weight excluding hydrogens is 383 g/mol. The third-order valence-corrected chi connectivity index (χ3v) is 3.73. The van der Waals surface area contributed by atoms with Crippen LogP contribution >= 0.6 is 0 Å². The van der Waals surface area contributed by atoms with E-state index in [0.717, 1.165) is 6.07 Å². The summed E-state index contributed by atoms with van der Waals surface area (Å²) in [6.45, 7) is -1.34. The molecule has 0 aliphatic rings. The number of hydrogen-bond donors (Lipinski definition) is 2. The molecule has 2 N–H and O–H groups in total. The first-order valence-electron chi connectivity index (χ1n) is 6.40. The van der Waals surface area contributed by atoms with E-state index in [0.29, 0.717) is 0 Å². The molecule has 0 aliphatic carbocycles. The summed E-state index contributed by atoms with van der Waals surface area (Å²) in [4.78, 5) is 20.4. The summed E-state index contributed by atoms with van der Waals surface area (Å²) in [7, 11) is -4.89. The van der Waals surface area contributed by atoms with E-state index in [4.69, 9.17) is 19.7 Å². The molecule has 0 amide bonds. The predicted octanol–water partition coefficient (Wildman–Crippen LogP) is -2.33. The second-order valence-electron chi connectivity index (χ2n) is 4.62. The number of benzene rings is 2. The van der Waals surface area contributed by atoms with Gasteiger partial charge in [-0.25, -0.2) is 18.0 Å².